The summed E-state index contributed by atoms with van der Waals surface area (Å²) in [5.41, 5.74) is 15.6. The molecule has 1 heterocycles. The van der Waals surface area contributed by atoms with Crippen molar-refractivity contribution in [3.63, 3.8) is 0 Å². The molecule has 1 aliphatic carbocycles. The van der Waals surface area contributed by atoms with E-state index >= 15 is 0 Å². The first-order valence-electron chi connectivity index (χ1n) is 23.0. The highest BCUT2D eigenvalue weighted by atomic mass is 15.0. The maximum absolute atomic E-state index is 2.51. The SMILES string of the molecule is c1ccc(C2(c3ccccc3)c3ccccc3-c3ccc(-n4c5ccc(-c6cc7ccccc7c7ccccc67)cc5c5cc(-c6cc7ccccc7c7ccccc67)ccc54)cc32)cc1. The van der Waals surface area contributed by atoms with E-state index in [9.17, 15) is 0 Å². The number of hydrogen-bond donors (Lipinski definition) is 0. The Bertz CT molecular complexity index is 3880. The largest absolute Gasteiger partial charge is 0.309 e. The summed E-state index contributed by atoms with van der Waals surface area (Å²) >= 11 is 0. The topological polar surface area (TPSA) is 4.93 Å². The molecule has 0 aliphatic heterocycles. The van der Waals surface area contributed by atoms with E-state index in [1.165, 1.54) is 121 Å². The van der Waals surface area contributed by atoms with Crippen molar-refractivity contribution < 1.29 is 0 Å². The highest BCUT2D eigenvalue weighted by Crippen LogP contribution is 2.57. The maximum Gasteiger partial charge on any atom is 0.0714 e. The summed E-state index contributed by atoms with van der Waals surface area (Å²) in [6, 6.07) is 92.9. The Kier molecular flexibility index (Phi) is 7.97. The number of fused-ring (bicyclic) bond motifs is 12. The molecule has 0 spiro atoms. The van der Waals surface area contributed by atoms with Crippen molar-refractivity contribution in [1.29, 1.82) is 0 Å². The van der Waals surface area contributed by atoms with Gasteiger partial charge in [-0.05, 0) is 147 Å². The number of hydrogen-bond acceptors (Lipinski definition) is 0. The highest BCUT2D eigenvalue weighted by Gasteiger charge is 2.46. The lowest BCUT2D eigenvalue weighted by atomic mass is 9.67. The van der Waals surface area contributed by atoms with Crippen molar-refractivity contribution in [3.05, 3.63) is 271 Å². The second-order valence-electron chi connectivity index (χ2n) is 17.9. The van der Waals surface area contributed by atoms with Crippen LogP contribution in [0.25, 0.3) is 104 Å². The van der Waals surface area contributed by atoms with Crippen LogP contribution in [-0.2, 0) is 5.41 Å². The average molecular weight is 836 g/mol. The molecule has 0 bridgehead atoms. The molecule has 0 N–H and O–H groups in total. The van der Waals surface area contributed by atoms with E-state index in [-0.39, 0.29) is 0 Å². The molecule has 0 radical (unpaired) electrons. The molecule has 1 aromatic heterocycles. The van der Waals surface area contributed by atoms with E-state index in [2.05, 4.69) is 253 Å². The summed E-state index contributed by atoms with van der Waals surface area (Å²) < 4.78 is 2.51. The van der Waals surface area contributed by atoms with Crippen molar-refractivity contribution in [1.82, 2.24) is 4.57 Å². The minimum atomic E-state index is -0.502. The Labute approximate surface area is 383 Å². The Morgan fingerprint density at radius 2 is 0.697 bits per heavy atom. The summed E-state index contributed by atoms with van der Waals surface area (Å²) in [4.78, 5) is 0. The molecule has 306 valence electrons. The van der Waals surface area contributed by atoms with Gasteiger partial charge in [0.2, 0.25) is 0 Å². The van der Waals surface area contributed by atoms with Crippen LogP contribution in [-0.4, -0.2) is 4.57 Å². The van der Waals surface area contributed by atoms with Crippen molar-refractivity contribution in [2.75, 3.05) is 0 Å². The molecule has 0 fully saturated rings. The molecule has 0 saturated heterocycles. The van der Waals surface area contributed by atoms with E-state index in [4.69, 9.17) is 0 Å². The fraction of sp³-hybridized carbons (Fsp3) is 0.0154. The van der Waals surface area contributed by atoms with Crippen molar-refractivity contribution in [2.24, 2.45) is 0 Å². The van der Waals surface area contributed by atoms with Crippen molar-refractivity contribution in [2.45, 2.75) is 5.41 Å². The zero-order valence-corrected chi connectivity index (χ0v) is 36.1. The van der Waals surface area contributed by atoms with Gasteiger partial charge in [0, 0.05) is 16.5 Å². The summed E-state index contributed by atoms with van der Waals surface area (Å²) in [5.74, 6) is 0. The van der Waals surface area contributed by atoms with Gasteiger partial charge >= 0.3 is 0 Å². The normalized spacial score (nSPS) is 13.0. The number of aromatic nitrogens is 1. The molecule has 1 nitrogen and oxygen atoms in total. The molecule has 12 aromatic carbocycles. The van der Waals surface area contributed by atoms with E-state index in [0.29, 0.717) is 0 Å². The Morgan fingerprint density at radius 3 is 1.24 bits per heavy atom. The van der Waals surface area contributed by atoms with Gasteiger partial charge < -0.3 is 4.57 Å². The molecular weight excluding hydrogens is 795 g/mol. The lowest BCUT2D eigenvalue weighted by molar-refractivity contribution is 0.767. The standard InChI is InChI=1S/C65H41N/c1-3-19-46(20-4-1)65(47-21-5-2-6-22-47)61-30-16-15-29-55(61)56-34-33-48(41-62(56)65)66-63-35-31-44(57-37-42-17-7-9-23-49(42)51-25-11-13-27-53(51)57)39-59(63)60-40-45(32-36-64(60)66)58-38-43-18-8-10-24-50(43)52-26-12-14-28-54(52)58/h1-41H. The van der Waals surface area contributed by atoms with Crippen molar-refractivity contribution >= 4 is 64.9 Å². The summed E-state index contributed by atoms with van der Waals surface area (Å²) in [7, 11) is 0. The van der Waals surface area contributed by atoms with Crippen LogP contribution in [0.1, 0.15) is 22.3 Å². The lowest BCUT2D eigenvalue weighted by Crippen LogP contribution is -2.28. The molecule has 0 saturated carbocycles. The first-order valence-corrected chi connectivity index (χ1v) is 23.0. The third-order valence-corrected chi connectivity index (χ3v) is 14.6. The van der Waals surface area contributed by atoms with Crippen LogP contribution in [0.2, 0.25) is 0 Å². The minimum Gasteiger partial charge on any atom is -0.309 e. The van der Waals surface area contributed by atoms with E-state index in [1.807, 2.05) is 0 Å². The number of rotatable bonds is 5. The second-order valence-corrected chi connectivity index (χ2v) is 17.9. The Balaban J connectivity index is 1.06. The fourth-order valence-corrected chi connectivity index (χ4v) is 11.8. The number of benzene rings is 12. The van der Waals surface area contributed by atoms with Gasteiger partial charge in [-0.15, -0.1) is 0 Å². The van der Waals surface area contributed by atoms with Crippen LogP contribution < -0.4 is 0 Å². The van der Waals surface area contributed by atoms with Gasteiger partial charge in [-0.1, -0.05) is 200 Å². The predicted molar refractivity (Wildman–Crippen MR) is 279 cm³/mol. The third-order valence-electron chi connectivity index (χ3n) is 14.6. The number of nitrogens with zero attached hydrogens (tertiary/aromatic N) is 1. The maximum atomic E-state index is 2.51. The zero-order chi connectivity index (χ0) is 43.3. The second kappa shape index (κ2) is 14.2. The monoisotopic (exact) mass is 835 g/mol. The summed E-state index contributed by atoms with van der Waals surface area (Å²) in [6.07, 6.45) is 0. The van der Waals surface area contributed by atoms with Crippen LogP contribution in [0, 0.1) is 0 Å². The zero-order valence-electron chi connectivity index (χ0n) is 36.1. The van der Waals surface area contributed by atoms with Gasteiger partial charge in [-0.25, -0.2) is 0 Å². The Hall–Kier alpha value is -8.52. The van der Waals surface area contributed by atoms with Crippen molar-refractivity contribution in [3.8, 4) is 39.1 Å². The van der Waals surface area contributed by atoms with Gasteiger partial charge in [-0.3, -0.25) is 0 Å². The van der Waals surface area contributed by atoms with Gasteiger partial charge in [-0.2, -0.15) is 0 Å². The van der Waals surface area contributed by atoms with Crippen LogP contribution in [0.3, 0.4) is 0 Å². The average Bonchev–Trinajstić information content (AvgIpc) is 3.88. The van der Waals surface area contributed by atoms with E-state index < -0.39 is 5.41 Å². The third kappa shape index (κ3) is 5.23. The van der Waals surface area contributed by atoms with E-state index in [0.717, 1.165) is 5.69 Å². The molecule has 0 atom stereocenters. The molecule has 14 rings (SSSR count). The van der Waals surface area contributed by atoms with Gasteiger partial charge in [0.1, 0.15) is 0 Å². The molecule has 0 unspecified atom stereocenters. The molecule has 0 amide bonds. The quantitative estimate of drug-likeness (QED) is 0.152. The molecule has 1 aliphatic rings. The van der Waals surface area contributed by atoms with E-state index in [1.54, 1.807) is 0 Å². The lowest BCUT2D eigenvalue weighted by Gasteiger charge is -2.34. The first kappa shape index (κ1) is 36.9. The van der Waals surface area contributed by atoms with Gasteiger partial charge in [0.25, 0.3) is 0 Å². The predicted octanol–water partition coefficient (Wildman–Crippen LogP) is 17.1. The molecular formula is C65H41N. The first-order chi connectivity index (χ1) is 32.7. The van der Waals surface area contributed by atoms with Gasteiger partial charge in [0.05, 0.1) is 16.4 Å². The smallest absolute Gasteiger partial charge is 0.0714 e. The van der Waals surface area contributed by atoms with Gasteiger partial charge in [0.15, 0.2) is 0 Å². The molecule has 13 aromatic rings. The Morgan fingerprint density at radius 1 is 0.258 bits per heavy atom. The van der Waals surface area contributed by atoms with Crippen LogP contribution in [0.5, 0.6) is 0 Å². The van der Waals surface area contributed by atoms with Crippen LogP contribution >= 0.6 is 0 Å². The summed E-state index contributed by atoms with van der Waals surface area (Å²) in [6.45, 7) is 0. The minimum absolute atomic E-state index is 0.502. The molecule has 66 heavy (non-hydrogen) atoms. The summed E-state index contributed by atoms with van der Waals surface area (Å²) in [5, 5.41) is 12.6. The fourth-order valence-electron chi connectivity index (χ4n) is 11.8. The van der Waals surface area contributed by atoms with Crippen LogP contribution in [0.4, 0.5) is 0 Å². The van der Waals surface area contributed by atoms with Crippen LogP contribution in [0.15, 0.2) is 249 Å². The molecule has 1 heteroatoms. The highest BCUT2D eigenvalue weighted by molar-refractivity contribution is 6.18.